The SMILES string of the molecule is CCCCC[Si@H]1CC[C@H]([C@H]2CC[C@H](c3ccc(OC(F)=C(F)F)cc3)CC2)CC1. The lowest BCUT2D eigenvalue weighted by Crippen LogP contribution is -2.28. The second-order valence-corrected chi connectivity index (χ2v) is 12.6. The maximum absolute atomic E-state index is 12.9. The highest BCUT2D eigenvalue weighted by atomic mass is 28.3. The van der Waals surface area contributed by atoms with Gasteiger partial charge in [0.15, 0.2) is 0 Å². The van der Waals surface area contributed by atoms with Crippen molar-refractivity contribution in [2.45, 2.75) is 88.8 Å². The van der Waals surface area contributed by atoms with E-state index < -0.39 is 20.9 Å². The first-order chi connectivity index (χ1) is 14.1. The molecule has 2 fully saturated rings. The van der Waals surface area contributed by atoms with Gasteiger partial charge in [-0.15, -0.1) is 0 Å². The fourth-order valence-corrected chi connectivity index (χ4v) is 9.04. The molecule has 1 aliphatic heterocycles. The number of halogens is 3. The number of rotatable bonds is 8. The van der Waals surface area contributed by atoms with Crippen LogP contribution in [0.1, 0.15) is 76.2 Å². The highest BCUT2D eigenvalue weighted by Crippen LogP contribution is 2.43. The molecule has 1 aliphatic carbocycles. The van der Waals surface area contributed by atoms with Crippen LogP contribution in [0.5, 0.6) is 5.75 Å². The molecular weight excluding hydrogens is 389 g/mol. The van der Waals surface area contributed by atoms with Crippen molar-refractivity contribution in [3.05, 3.63) is 41.9 Å². The van der Waals surface area contributed by atoms with E-state index in [1.165, 1.54) is 63.4 Å². The van der Waals surface area contributed by atoms with Crippen molar-refractivity contribution in [2.24, 2.45) is 11.8 Å². The number of unbranched alkanes of at least 4 members (excludes halogenated alkanes) is 2. The Morgan fingerprint density at radius 2 is 1.52 bits per heavy atom. The zero-order valence-electron chi connectivity index (χ0n) is 17.6. The minimum Gasteiger partial charge on any atom is -0.428 e. The third-order valence-electron chi connectivity index (χ3n) is 7.25. The predicted octanol–water partition coefficient (Wildman–Crippen LogP) is 8.20. The van der Waals surface area contributed by atoms with Crippen LogP contribution >= 0.6 is 0 Å². The smallest absolute Gasteiger partial charge is 0.344 e. The summed E-state index contributed by atoms with van der Waals surface area (Å²) in [4.78, 5) is 0. The van der Waals surface area contributed by atoms with E-state index in [2.05, 4.69) is 11.7 Å². The molecule has 1 aromatic carbocycles. The van der Waals surface area contributed by atoms with E-state index in [0.717, 1.165) is 11.8 Å². The Balaban J connectivity index is 1.42. The van der Waals surface area contributed by atoms with Crippen molar-refractivity contribution in [3.63, 3.8) is 0 Å². The first-order valence-electron chi connectivity index (χ1n) is 11.5. The first kappa shape index (κ1) is 22.5. The molecule has 5 heteroatoms. The number of hydrogen-bond acceptors (Lipinski definition) is 1. The van der Waals surface area contributed by atoms with E-state index >= 15 is 0 Å². The molecular formula is C24H35F3OSi. The van der Waals surface area contributed by atoms with Gasteiger partial charge in [-0.1, -0.05) is 69.3 Å². The quantitative estimate of drug-likeness (QED) is 0.232. The summed E-state index contributed by atoms with van der Waals surface area (Å²) in [5.74, 6) is 2.49. The lowest BCUT2D eigenvalue weighted by molar-refractivity contribution is 0.216. The molecule has 1 saturated carbocycles. The van der Waals surface area contributed by atoms with E-state index in [1.54, 1.807) is 30.3 Å². The summed E-state index contributed by atoms with van der Waals surface area (Å²) >= 11 is 0. The normalized spacial score (nSPS) is 27.4. The molecule has 0 aromatic heterocycles. The maximum Gasteiger partial charge on any atom is 0.344 e. The topological polar surface area (TPSA) is 9.23 Å². The number of benzene rings is 1. The van der Waals surface area contributed by atoms with Gasteiger partial charge in [0.25, 0.3) is 0 Å². The lowest BCUT2D eigenvalue weighted by Gasteiger charge is -2.37. The van der Waals surface area contributed by atoms with Crippen LogP contribution in [0.2, 0.25) is 18.1 Å². The van der Waals surface area contributed by atoms with Crippen LogP contribution in [0.15, 0.2) is 36.4 Å². The molecule has 0 radical (unpaired) electrons. The lowest BCUT2D eigenvalue weighted by atomic mass is 9.72. The van der Waals surface area contributed by atoms with Crippen LogP contribution in [0.4, 0.5) is 13.2 Å². The Kier molecular flexibility index (Phi) is 8.70. The highest BCUT2D eigenvalue weighted by molar-refractivity contribution is 6.58. The monoisotopic (exact) mass is 424 g/mol. The highest BCUT2D eigenvalue weighted by Gasteiger charge is 2.31. The minimum absolute atomic E-state index is 0.118. The molecule has 29 heavy (non-hydrogen) atoms. The van der Waals surface area contributed by atoms with Crippen LogP contribution in [0, 0.1) is 11.8 Å². The average molecular weight is 425 g/mol. The van der Waals surface area contributed by atoms with E-state index in [-0.39, 0.29) is 5.75 Å². The first-order valence-corrected chi connectivity index (χ1v) is 14.0. The summed E-state index contributed by atoms with van der Waals surface area (Å²) in [5, 5.41) is 0. The van der Waals surface area contributed by atoms with Gasteiger partial charge in [-0.3, -0.25) is 0 Å². The molecule has 0 bridgehead atoms. The van der Waals surface area contributed by atoms with Crippen LogP contribution in [-0.4, -0.2) is 8.80 Å². The Labute approximate surface area is 175 Å². The van der Waals surface area contributed by atoms with Gasteiger partial charge in [0.1, 0.15) is 5.75 Å². The zero-order chi connectivity index (χ0) is 20.6. The van der Waals surface area contributed by atoms with Gasteiger partial charge in [0.05, 0.1) is 0 Å². The van der Waals surface area contributed by atoms with Crippen LogP contribution in [-0.2, 0) is 0 Å². The Morgan fingerprint density at radius 1 is 0.897 bits per heavy atom. The summed E-state index contributed by atoms with van der Waals surface area (Å²) in [6.07, 6.45) is 9.78. The van der Waals surface area contributed by atoms with Crippen molar-refractivity contribution in [3.8, 4) is 5.75 Å². The van der Waals surface area contributed by atoms with E-state index in [1.807, 2.05) is 12.1 Å². The number of hydrogen-bond donors (Lipinski definition) is 0. The fourth-order valence-electron chi connectivity index (χ4n) is 5.51. The summed E-state index contributed by atoms with van der Waals surface area (Å²) < 4.78 is 41.7. The fraction of sp³-hybridized carbons (Fsp3) is 0.667. The standard InChI is InChI=1S/C24H35F3OSi/c1-2-3-4-15-29-16-13-21(14-17-29)19-7-5-18(6-8-19)20-9-11-22(12-10-20)28-24(27)23(25)26/h9-12,18-19,21,29H,2-8,13-17H2,1H3/t18-,19-,21-,29-. The van der Waals surface area contributed by atoms with Crippen LogP contribution in [0.3, 0.4) is 0 Å². The van der Waals surface area contributed by atoms with Crippen molar-refractivity contribution >= 4 is 8.80 Å². The van der Waals surface area contributed by atoms with Crippen molar-refractivity contribution in [1.82, 2.24) is 0 Å². The Hall–Kier alpha value is -1.23. The van der Waals surface area contributed by atoms with Crippen molar-refractivity contribution in [1.29, 1.82) is 0 Å². The van der Waals surface area contributed by atoms with E-state index in [0.29, 0.717) is 5.92 Å². The molecule has 0 N–H and O–H groups in total. The van der Waals surface area contributed by atoms with Crippen molar-refractivity contribution < 1.29 is 17.9 Å². The molecule has 3 rings (SSSR count). The zero-order valence-corrected chi connectivity index (χ0v) is 18.8. The molecule has 0 atom stereocenters. The minimum atomic E-state index is -2.43. The Bertz CT molecular complexity index is 641. The van der Waals surface area contributed by atoms with Gasteiger partial charge in [0.2, 0.25) is 0 Å². The molecule has 162 valence electrons. The Morgan fingerprint density at radius 3 is 2.10 bits per heavy atom. The van der Waals surface area contributed by atoms with Gasteiger partial charge in [-0.05, 0) is 61.1 Å². The predicted molar refractivity (Wildman–Crippen MR) is 116 cm³/mol. The largest absolute Gasteiger partial charge is 0.428 e. The van der Waals surface area contributed by atoms with E-state index in [9.17, 15) is 13.2 Å². The summed E-state index contributed by atoms with van der Waals surface area (Å²) in [6.45, 7) is 2.29. The summed E-state index contributed by atoms with van der Waals surface area (Å²) in [5.41, 5.74) is 1.22. The van der Waals surface area contributed by atoms with Gasteiger partial charge in [-0.2, -0.15) is 13.2 Å². The van der Waals surface area contributed by atoms with E-state index in [4.69, 9.17) is 0 Å². The van der Waals surface area contributed by atoms with Gasteiger partial charge < -0.3 is 4.74 Å². The average Bonchev–Trinajstić information content (AvgIpc) is 2.75. The number of ether oxygens (including phenoxy) is 1. The molecule has 2 aliphatic rings. The third-order valence-corrected chi connectivity index (χ3v) is 10.8. The van der Waals surface area contributed by atoms with Crippen molar-refractivity contribution in [2.75, 3.05) is 0 Å². The maximum atomic E-state index is 12.9. The molecule has 1 saturated heterocycles. The molecule has 0 unspecified atom stereocenters. The molecule has 0 amide bonds. The second kappa shape index (κ2) is 11.2. The molecule has 0 spiro atoms. The van der Waals surface area contributed by atoms with Crippen LogP contribution in [0.25, 0.3) is 0 Å². The second-order valence-electron chi connectivity index (χ2n) is 9.09. The molecule has 1 aromatic rings. The third kappa shape index (κ3) is 6.63. The van der Waals surface area contributed by atoms with Crippen LogP contribution < -0.4 is 4.74 Å². The molecule has 1 nitrogen and oxygen atoms in total. The summed E-state index contributed by atoms with van der Waals surface area (Å²) in [7, 11) is -0.423. The summed E-state index contributed by atoms with van der Waals surface area (Å²) in [6, 6.07) is 9.88. The van der Waals surface area contributed by atoms with Gasteiger partial charge in [-0.25, -0.2) is 0 Å². The molecule has 1 heterocycles. The van der Waals surface area contributed by atoms with Gasteiger partial charge >= 0.3 is 12.1 Å². The van der Waals surface area contributed by atoms with Gasteiger partial charge in [0, 0.05) is 8.80 Å².